The van der Waals surface area contributed by atoms with Crippen molar-refractivity contribution < 1.29 is 0 Å². The van der Waals surface area contributed by atoms with E-state index in [1.165, 1.54) is 0 Å². The second-order valence-corrected chi connectivity index (χ2v) is 5.14. The molecule has 0 aliphatic rings. The Hall–Kier alpha value is -0.470. The van der Waals surface area contributed by atoms with Crippen LogP contribution in [-0.4, -0.2) is 4.98 Å². The van der Waals surface area contributed by atoms with Crippen LogP contribution in [-0.2, 0) is 0 Å². The summed E-state index contributed by atoms with van der Waals surface area (Å²) in [7, 11) is 0. The zero-order chi connectivity index (χ0) is 12.6. The zero-order valence-electron chi connectivity index (χ0n) is 8.77. The van der Waals surface area contributed by atoms with Crippen LogP contribution in [0, 0.1) is 6.92 Å². The molecule has 1 aromatic carbocycles. The third-order valence-electron chi connectivity index (χ3n) is 2.33. The van der Waals surface area contributed by atoms with Gasteiger partial charge in [-0.15, -0.1) is 0 Å². The predicted molar refractivity (Wildman–Crippen MR) is 74.5 cm³/mol. The van der Waals surface area contributed by atoms with Crippen LogP contribution in [0.2, 0.25) is 20.2 Å². The van der Waals surface area contributed by atoms with Crippen molar-refractivity contribution in [2.75, 3.05) is 0 Å². The van der Waals surface area contributed by atoms with Crippen molar-refractivity contribution in [3.63, 3.8) is 0 Å². The van der Waals surface area contributed by atoms with E-state index in [1.54, 1.807) is 12.1 Å². The Labute approximate surface area is 119 Å². The maximum atomic E-state index is 6.08. The lowest BCUT2D eigenvalue weighted by molar-refractivity contribution is 1.32. The molecule has 0 fully saturated rings. The van der Waals surface area contributed by atoms with Crippen LogP contribution >= 0.6 is 46.4 Å². The van der Waals surface area contributed by atoms with Gasteiger partial charge in [0.15, 0.2) is 0 Å². The molecule has 0 amide bonds. The van der Waals surface area contributed by atoms with Gasteiger partial charge in [0.05, 0.1) is 15.7 Å². The summed E-state index contributed by atoms with van der Waals surface area (Å²) in [6.45, 7) is 1.93. The van der Waals surface area contributed by atoms with Gasteiger partial charge in [-0.1, -0.05) is 58.5 Å². The van der Waals surface area contributed by atoms with E-state index in [1.807, 2.05) is 19.1 Å². The van der Waals surface area contributed by atoms with E-state index in [9.17, 15) is 0 Å². The molecule has 1 heterocycles. The molecule has 0 aliphatic carbocycles. The van der Waals surface area contributed by atoms with Crippen molar-refractivity contribution in [3.8, 4) is 11.3 Å². The Kier molecular flexibility index (Phi) is 3.84. The van der Waals surface area contributed by atoms with Crippen LogP contribution in [0.15, 0.2) is 24.3 Å². The minimum absolute atomic E-state index is 0.225. The van der Waals surface area contributed by atoms with E-state index in [4.69, 9.17) is 46.4 Å². The van der Waals surface area contributed by atoms with Gasteiger partial charge in [0.1, 0.15) is 5.15 Å². The maximum absolute atomic E-state index is 6.08. The summed E-state index contributed by atoms with van der Waals surface area (Å²) < 4.78 is 0. The molecule has 0 radical (unpaired) electrons. The molecule has 17 heavy (non-hydrogen) atoms. The Balaban J connectivity index is 2.60. The highest BCUT2D eigenvalue weighted by atomic mass is 35.5. The Morgan fingerprint density at radius 1 is 0.882 bits per heavy atom. The summed E-state index contributed by atoms with van der Waals surface area (Å²) >= 11 is 23.8. The molecule has 5 heteroatoms. The lowest BCUT2D eigenvalue weighted by atomic mass is 10.1. The molecule has 0 N–H and O–H groups in total. The van der Waals surface area contributed by atoms with Crippen molar-refractivity contribution in [1.82, 2.24) is 4.98 Å². The quantitative estimate of drug-likeness (QED) is 0.618. The fraction of sp³-hybridized carbons (Fsp3) is 0.0833. The summed E-state index contributed by atoms with van der Waals surface area (Å²) in [4.78, 5) is 4.16. The maximum Gasteiger partial charge on any atom is 0.148 e. The first kappa shape index (κ1) is 13.0. The standard InChI is InChI=1S/C12H7Cl4N/c1-6-2-3-7(4-8(6)13)11-9(14)5-10(15)12(16)17-11/h2-5H,1H3. The molecule has 2 rings (SSSR count). The highest BCUT2D eigenvalue weighted by Crippen LogP contribution is 2.33. The second kappa shape index (κ2) is 5.03. The average molecular weight is 307 g/mol. The van der Waals surface area contributed by atoms with Crippen molar-refractivity contribution in [1.29, 1.82) is 0 Å². The van der Waals surface area contributed by atoms with Crippen LogP contribution in [0.3, 0.4) is 0 Å². The molecule has 0 spiro atoms. The molecule has 0 aliphatic heterocycles. The molecule has 1 aromatic heterocycles. The SMILES string of the molecule is Cc1ccc(-c2nc(Cl)c(Cl)cc2Cl)cc1Cl. The van der Waals surface area contributed by atoms with E-state index in [0.29, 0.717) is 20.8 Å². The fourth-order valence-electron chi connectivity index (χ4n) is 1.39. The van der Waals surface area contributed by atoms with Gasteiger partial charge in [-0.2, -0.15) is 0 Å². The number of halogens is 4. The van der Waals surface area contributed by atoms with Crippen LogP contribution in [0.5, 0.6) is 0 Å². The molecule has 2 aromatic rings. The highest BCUT2D eigenvalue weighted by molar-refractivity contribution is 6.43. The Morgan fingerprint density at radius 2 is 1.59 bits per heavy atom. The summed E-state index contributed by atoms with van der Waals surface area (Å²) in [5, 5.41) is 1.66. The van der Waals surface area contributed by atoms with Gasteiger partial charge >= 0.3 is 0 Å². The van der Waals surface area contributed by atoms with E-state index in [-0.39, 0.29) is 5.15 Å². The van der Waals surface area contributed by atoms with E-state index in [2.05, 4.69) is 4.98 Å². The largest absolute Gasteiger partial charge is 0.233 e. The first-order chi connectivity index (χ1) is 7.99. The lowest BCUT2D eigenvalue weighted by Crippen LogP contribution is -1.88. The molecule has 0 unspecified atom stereocenters. The molecule has 88 valence electrons. The third-order valence-corrected chi connectivity index (χ3v) is 3.70. The van der Waals surface area contributed by atoms with Crippen LogP contribution in [0.25, 0.3) is 11.3 Å². The van der Waals surface area contributed by atoms with Crippen LogP contribution in [0.1, 0.15) is 5.56 Å². The summed E-state index contributed by atoms with van der Waals surface area (Å²) in [5.41, 5.74) is 2.37. The first-order valence-corrected chi connectivity index (χ1v) is 6.28. The molecule has 1 nitrogen and oxygen atoms in total. The van der Waals surface area contributed by atoms with Gasteiger partial charge < -0.3 is 0 Å². The number of nitrogens with zero attached hydrogens (tertiary/aromatic N) is 1. The molecular formula is C12H7Cl4N. The zero-order valence-corrected chi connectivity index (χ0v) is 11.8. The van der Waals surface area contributed by atoms with Gasteiger partial charge in [0.25, 0.3) is 0 Å². The molecule has 0 bridgehead atoms. The first-order valence-electron chi connectivity index (χ1n) is 4.77. The van der Waals surface area contributed by atoms with Gasteiger partial charge in [0, 0.05) is 10.6 Å². The Bertz CT molecular complexity index is 581. The van der Waals surface area contributed by atoms with E-state index >= 15 is 0 Å². The van der Waals surface area contributed by atoms with Gasteiger partial charge in [-0.25, -0.2) is 4.98 Å². The average Bonchev–Trinajstić information content (AvgIpc) is 2.27. The van der Waals surface area contributed by atoms with Crippen molar-refractivity contribution in [2.45, 2.75) is 6.92 Å². The minimum atomic E-state index is 0.225. The minimum Gasteiger partial charge on any atom is -0.233 e. The van der Waals surface area contributed by atoms with Crippen LogP contribution < -0.4 is 0 Å². The number of benzene rings is 1. The normalized spacial score (nSPS) is 10.6. The lowest BCUT2D eigenvalue weighted by Gasteiger charge is -2.07. The monoisotopic (exact) mass is 305 g/mol. The van der Waals surface area contributed by atoms with Crippen molar-refractivity contribution >= 4 is 46.4 Å². The molecule has 0 atom stereocenters. The van der Waals surface area contributed by atoms with Gasteiger partial charge in [-0.3, -0.25) is 0 Å². The summed E-state index contributed by atoms with van der Waals surface area (Å²) in [6.07, 6.45) is 0. The highest BCUT2D eigenvalue weighted by Gasteiger charge is 2.10. The number of aromatic nitrogens is 1. The summed E-state index contributed by atoms with van der Waals surface area (Å²) in [5.74, 6) is 0. The van der Waals surface area contributed by atoms with E-state index < -0.39 is 0 Å². The smallest absolute Gasteiger partial charge is 0.148 e. The fourth-order valence-corrected chi connectivity index (χ4v) is 2.17. The van der Waals surface area contributed by atoms with Gasteiger partial charge in [0.2, 0.25) is 0 Å². The van der Waals surface area contributed by atoms with Crippen LogP contribution in [0.4, 0.5) is 0 Å². The predicted octanol–water partition coefficient (Wildman–Crippen LogP) is 5.67. The van der Waals surface area contributed by atoms with Crippen molar-refractivity contribution in [3.05, 3.63) is 50.0 Å². The molecule has 0 saturated carbocycles. The number of rotatable bonds is 1. The number of pyridine rings is 1. The number of aryl methyl sites for hydroxylation is 1. The molecule has 0 saturated heterocycles. The number of hydrogen-bond donors (Lipinski definition) is 0. The molecular weight excluding hydrogens is 300 g/mol. The second-order valence-electron chi connectivity index (χ2n) is 3.56. The topological polar surface area (TPSA) is 12.9 Å². The van der Waals surface area contributed by atoms with Crippen molar-refractivity contribution in [2.24, 2.45) is 0 Å². The summed E-state index contributed by atoms with van der Waals surface area (Å²) in [6, 6.07) is 7.16. The van der Waals surface area contributed by atoms with Gasteiger partial charge in [-0.05, 0) is 24.6 Å². The van der Waals surface area contributed by atoms with E-state index in [0.717, 1.165) is 11.1 Å². The number of hydrogen-bond acceptors (Lipinski definition) is 1. The third kappa shape index (κ3) is 2.69. The Morgan fingerprint density at radius 3 is 2.24 bits per heavy atom.